The zero-order chi connectivity index (χ0) is 21.8. The number of nitrogens with one attached hydrogen (secondary N) is 1. The van der Waals surface area contributed by atoms with Gasteiger partial charge in [-0.15, -0.1) is 0 Å². The van der Waals surface area contributed by atoms with Crippen molar-refractivity contribution in [2.45, 2.75) is 18.7 Å². The second-order valence-electron chi connectivity index (χ2n) is 5.82. The first kappa shape index (κ1) is 21.9. The van der Waals surface area contributed by atoms with E-state index in [4.69, 9.17) is 0 Å². The lowest BCUT2D eigenvalue weighted by molar-refractivity contribution is -0.394. The van der Waals surface area contributed by atoms with E-state index < -0.39 is 37.2 Å². The van der Waals surface area contributed by atoms with Gasteiger partial charge in [-0.3, -0.25) is 25.0 Å². The summed E-state index contributed by atoms with van der Waals surface area (Å²) in [5.41, 5.74) is -1.23. The van der Waals surface area contributed by atoms with Gasteiger partial charge < -0.3 is 5.32 Å². The molecule has 1 amide bonds. The Balaban J connectivity index is 2.28. The molecule has 0 saturated carbocycles. The first-order chi connectivity index (χ1) is 13.6. The molecule has 0 aliphatic carbocycles. The van der Waals surface area contributed by atoms with E-state index in [1.54, 1.807) is 13.8 Å². The molecule has 0 aliphatic rings. The van der Waals surface area contributed by atoms with Gasteiger partial charge in [-0.05, 0) is 24.3 Å². The third-order valence-corrected chi connectivity index (χ3v) is 6.11. The van der Waals surface area contributed by atoms with E-state index in [-0.39, 0.29) is 16.1 Å². The minimum Gasteiger partial charge on any atom is -0.322 e. The summed E-state index contributed by atoms with van der Waals surface area (Å²) in [5, 5.41) is 24.3. The number of nitro groups is 2. The SMILES string of the molecule is CCN(CC)S(=O)(=O)c1ccc(NC(=O)c2cc([N+](=O)[O-])cc([N+](=O)[O-])c2)cc1. The lowest BCUT2D eigenvalue weighted by Gasteiger charge is -2.18. The van der Waals surface area contributed by atoms with Gasteiger partial charge in [0.15, 0.2) is 0 Å². The van der Waals surface area contributed by atoms with Gasteiger partial charge >= 0.3 is 0 Å². The third-order valence-electron chi connectivity index (χ3n) is 4.04. The van der Waals surface area contributed by atoms with Crippen molar-refractivity contribution < 1.29 is 23.1 Å². The van der Waals surface area contributed by atoms with Crippen LogP contribution in [0.1, 0.15) is 24.2 Å². The van der Waals surface area contributed by atoms with Crippen molar-refractivity contribution in [1.82, 2.24) is 4.31 Å². The summed E-state index contributed by atoms with van der Waals surface area (Å²) in [7, 11) is -3.66. The Morgan fingerprint density at radius 2 is 1.45 bits per heavy atom. The van der Waals surface area contributed by atoms with Gasteiger partial charge in [0.1, 0.15) is 0 Å². The molecule has 0 aliphatic heterocycles. The highest BCUT2D eigenvalue weighted by Crippen LogP contribution is 2.24. The molecule has 0 aromatic heterocycles. The minimum absolute atomic E-state index is 0.0465. The molecule has 2 rings (SSSR count). The largest absolute Gasteiger partial charge is 0.322 e. The molecular weight excluding hydrogens is 404 g/mol. The number of sulfonamides is 1. The van der Waals surface area contributed by atoms with Crippen molar-refractivity contribution in [2.75, 3.05) is 18.4 Å². The molecule has 11 nitrogen and oxygen atoms in total. The highest BCUT2D eigenvalue weighted by molar-refractivity contribution is 7.89. The highest BCUT2D eigenvalue weighted by Gasteiger charge is 2.22. The number of non-ortho nitro benzene ring substituents is 2. The first-order valence-corrected chi connectivity index (χ1v) is 9.89. The van der Waals surface area contributed by atoms with Crippen molar-refractivity contribution in [3.63, 3.8) is 0 Å². The van der Waals surface area contributed by atoms with Crippen LogP contribution in [0.5, 0.6) is 0 Å². The van der Waals surface area contributed by atoms with E-state index in [0.717, 1.165) is 18.2 Å². The second kappa shape index (κ2) is 8.75. The normalized spacial score (nSPS) is 11.3. The maximum absolute atomic E-state index is 12.5. The van der Waals surface area contributed by atoms with Crippen LogP contribution < -0.4 is 5.32 Å². The molecule has 1 N–H and O–H groups in total. The number of hydrogen-bond donors (Lipinski definition) is 1. The molecule has 0 atom stereocenters. The summed E-state index contributed by atoms with van der Waals surface area (Å²) in [4.78, 5) is 32.6. The zero-order valence-electron chi connectivity index (χ0n) is 15.6. The van der Waals surface area contributed by atoms with E-state index in [0.29, 0.717) is 13.1 Å². The molecule has 0 unspecified atom stereocenters. The smallest absolute Gasteiger partial charge is 0.277 e. The number of nitrogens with zero attached hydrogens (tertiary/aromatic N) is 3. The first-order valence-electron chi connectivity index (χ1n) is 8.45. The van der Waals surface area contributed by atoms with Crippen LogP contribution in [-0.2, 0) is 10.0 Å². The van der Waals surface area contributed by atoms with Gasteiger partial charge in [0, 0.05) is 30.9 Å². The van der Waals surface area contributed by atoms with Crippen LogP contribution in [0.3, 0.4) is 0 Å². The zero-order valence-corrected chi connectivity index (χ0v) is 16.4. The number of amides is 1. The minimum atomic E-state index is -3.66. The van der Waals surface area contributed by atoms with Gasteiger partial charge in [-0.1, -0.05) is 13.8 Å². The third kappa shape index (κ3) is 4.92. The summed E-state index contributed by atoms with van der Waals surface area (Å²) in [6.45, 7) is 4.05. The molecule has 2 aromatic carbocycles. The number of hydrogen-bond acceptors (Lipinski definition) is 7. The molecule has 29 heavy (non-hydrogen) atoms. The van der Waals surface area contributed by atoms with Gasteiger partial charge in [-0.2, -0.15) is 4.31 Å². The number of carbonyl (C=O) groups excluding carboxylic acids is 1. The molecular formula is C17H18N4O7S. The summed E-state index contributed by atoms with van der Waals surface area (Å²) in [6, 6.07) is 7.95. The summed E-state index contributed by atoms with van der Waals surface area (Å²) in [5.74, 6) is -0.809. The molecule has 0 saturated heterocycles. The number of rotatable bonds is 8. The molecule has 2 aromatic rings. The Kier molecular flexibility index (Phi) is 6.61. The van der Waals surface area contributed by atoms with Crippen LogP contribution in [0.15, 0.2) is 47.4 Å². The number of carbonyl (C=O) groups is 1. The monoisotopic (exact) mass is 422 g/mol. The summed E-state index contributed by atoms with van der Waals surface area (Å²) >= 11 is 0. The number of anilines is 1. The Hall–Kier alpha value is -3.38. The Morgan fingerprint density at radius 1 is 0.966 bits per heavy atom. The molecule has 0 spiro atoms. The Bertz CT molecular complexity index is 1020. The van der Waals surface area contributed by atoms with Crippen molar-refractivity contribution in [1.29, 1.82) is 0 Å². The molecule has 0 bridgehead atoms. The standard InChI is InChI=1S/C17H18N4O7S/c1-3-19(4-2)29(27,28)16-7-5-13(6-8-16)18-17(22)12-9-14(20(23)24)11-15(10-12)21(25)26/h5-11H,3-4H2,1-2H3,(H,18,22). The molecule has 0 radical (unpaired) electrons. The number of nitro benzene ring substituents is 2. The van der Waals surface area contributed by atoms with Crippen LogP contribution in [0, 0.1) is 20.2 Å². The molecule has 0 heterocycles. The van der Waals surface area contributed by atoms with Gasteiger partial charge in [-0.25, -0.2) is 8.42 Å². The topological polar surface area (TPSA) is 153 Å². The van der Waals surface area contributed by atoms with Crippen molar-refractivity contribution in [3.8, 4) is 0 Å². The summed E-state index contributed by atoms with van der Waals surface area (Å²) in [6.07, 6.45) is 0. The van der Waals surface area contributed by atoms with Gasteiger partial charge in [0.25, 0.3) is 17.3 Å². The van der Waals surface area contributed by atoms with E-state index in [1.165, 1.54) is 28.6 Å². The fraction of sp³-hybridized carbons (Fsp3) is 0.235. The lowest BCUT2D eigenvalue weighted by atomic mass is 10.1. The maximum atomic E-state index is 12.5. The van der Waals surface area contributed by atoms with Crippen LogP contribution >= 0.6 is 0 Å². The average molecular weight is 422 g/mol. The molecule has 0 fully saturated rings. The van der Waals surface area contributed by atoms with Gasteiger partial charge in [0.2, 0.25) is 10.0 Å². The highest BCUT2D eigenvalue weighted by atomic mass is 32.2. The van der Waals surface area contributed by atoms with Crippen LogP contribution in [0.4, 0.5) is 17.1 Å². The van der Waals surface area contributed by atoms with Crippen LogP contribution in [0.2, 0.25) is 0 Å². The van der Waals surface area contributed by atoms with E-state index in [2.05, 4.69) is 5.32 Å². The Labute approximate surface area is 166 Å². The predicted octanol–water partition coefficient (Wildman–Crippen LogP) is 2.79. The van der Waals surface area contributed by atoms with E-state index in [9.17, 15) is 33.4 Å². The van der Waals surface area contributed by atoms with Gasteiger partial charge in [0.05, 0.1) is 26.4 Å². The lowest BCUT2D eigenvalue weighted by Crippen LogP contribution is -2.30. The predicted molar refractivity (Wildman–Crippen MR) is 104 cm³/mol. The van der Waals surface area contributed by atoms with Crippen LogP contribution in [-0.4, -0.2) is 41.6 Å². The Morgan fingerprint density at radius 3 is 1.86 bits per heavy atom. The molecule has 12 heteroatoms. The maximum Gasteiger partial charge on any atom is 0.277 e. The number of benzene rings is 2. The van der Waals surface area contributed by atoms with Crippen molar-refractivity contribution >= 4 is 33.0 Å². The molecule has 154 valence electrons. The van der Waals surface area contributed by atoms with E-state index >= 15 is 0 Å². The quantitative estimate of drug-likeness (QED) is 0.507. The fourth-order valence-corrected chi connectivity index (χ4v) is 4.02. The van der Waals surface area contributed by atoms with Crippen molar-refractivity contribution in [3.05, 3.63) is 68.3 Å². The average Bonchev–Trinajstić information content (AvgIpc) is 2.68. The fourth-order valence-electron chi connectivity index (χ4n) is 2.56. The van der Waals surface area contributed by atoms with Crippen molar-refractivity contribution in [2.24, 2.45) is 0 Å². The van der Waals surface area contributed by atoms with E-state index in [1.807, 2.05) is 0 Å². The second-order valence-corrected chi connectivity index (χ2v) is 7.76. The van der Waals surface area contributed by atoms with Crippen LogP contribution in [0.25, 0.3) is 0 Å². The summed E-state index contributed by atoms with van der Waals surface area (Å²) < 4.78 is 26.2.